The van der Waals surface area contributed by atoms with Gasteiger partial charge in [-0.1, -0.05) is 84.6 Å². The average molecular weight is 847 g/mol. The van der Waals surface area contributed by atoms with E-state index >= 15 is 0 Å². The molecule has 0 radical (unpaired) electrons. The summed E-state index contributed by atoms with van der Waals surface area (Å²) in [5.74, 6) is 0. The van der Waals surface area contributed by atoms with E-state index < -0.39 is 15.6 Å². The quantitative estimate of drug-likeness (QED) is 0.0835. The van der Waals surface area contributed by atoms with E-state index in [0.717, 1.165) is 0 Å². The fourth-order valence-electron chi connectivity index (χ4n) is 4.47. The Kier molecular flexibility index (Phi) is 11.8. The number of rotatable bonds is 8. The monoisotopic (exact) mass is 846 g/mol. The summed E-state index contributed by atoms with van der Waals surface area (Å²) in [6.45, 7) is 0. The smallest absolute Gasteiger partial charge is 0.0901 e. The van der Waals surface area contributed by atoms with Gasteiger partial charge in [0.1, 0.15) is 0 Å². The van der Waals surface area contributed by atoms with Gasteiger partial charge >= 0.3 is 66.0 Å². The van der Waals surface area contributed by atoms with Crippen LogP contribution in [0.15, 0.2) is 209 Å². The maximum Gasteiger partial charge on any atom is 0.166 e. The van der Waals surface area contributed by atoms with Crippen LogP contribution in [0.1, 0.15) is 0 Å². The normalized spacial score (nSPS) is 14.3. The molecule has 0 heterocycles. The van der Waals surface area contributed by atoms with E-state index in [1.165, 1.54) is 39.2 Å². The third kappa shape index (κ3) is 17.8. The first-order valence-corrected chi connectivity index (χ1v) is 22.3. The van der Waals surface area contributed by atoms with Crippen molar-refractivity contribution in [2.75, 3.05) is 0 Å². The van der Waals surface area contributed by atoms with Gasteiger partial charge in [0.05, 0.1) is 21.8 Å². The van der Waals surface area contributed by atoms with Crippen molar-refractivity contribution in [3.05, 3.63) is 170 Å². The van der Waals surface area contributed by atoms with Crippen molar-refractivity contribution in [2.24, 2.45) is 0 Å². The Bertz CT molecular complexity index is 1800. The molecule has 0 saturated heterocycles. The van der Waals surface area contributed by atoms with Crippen LogP contribution < -0.4 is 0 Å². The van der Waals surface area contributed by atoms with Crippen LogP contribution in [0.3, 0.4) is 0 Å². The van der Waals surface area contributed by atoms with Crippen molar-refractivity contribution in [1.82, 2.24) is 0 Å². The maximum atomic E-state index is 9.87. The fraction of sp³-hybridized carbons (Fsp3) is 0. The van der Waals surface area contributed by atoms with Gasteiger partial charge < -0.3 is 0 Å². The van der Waals surface area contributed by atoms with Gasteiger partial charge in [-0.25, -0.2) is 0 Å². The molecule has 0 N–H and O–H groups in total. The summed E-state index contributed by atoms with van der Waals surface area (Å²) in [7, 11) is -21.6. The van der Waals surface area contributed by atoms with Gasteiger partial charge in [0.15, 0.2) is 29.4 Å². The minimum Gasteiger partial charge on any atom is -0.0901 e. The standard InChI is InChI=1S/C36H28S3.2F6P/c1-5-13-31(14-6-1)38(32-15-7-2-8-16-32)35-25-21-29(22-26-35)37-30-23-27-36(28-24-30)39(33-17-9-3-10-18-33)34-19-11-4-12-20-34;2*1-7(2,3,4,5)6/h1-28H;;/q+2;2*-1. The van der Waals surface area contributed by atoms with Gasteiger partial charge in [-0.3, -0.25) is 0 Å². The number of hydrogen-bond donors (Lipinski definition) is 0. The van der Waals surface area contributed by atoms with E-state index in [9.17, 15) is 50.4 Å². The summed E-state index contributed by atoms with van der Waals surface area (Å²) >= 11 is 1.82. The molecular formula is C36H28F12P2S3. The average Bonchev–Trinajstić information content (AvgIpc) is 3.06. The molecule has 0 aromatic heterocycles. The van der Waals surface area contributed by atoms with Crippen molar-refractivity contribution in [1.29, 1.82) is 0 Å². The third-order valence-corrected chi connectivity index (χ3v) is 11.7. The first kappa shape index (κ1) is 42.1. The summed E-state index contributed by atoms with van der Waals surface area (Å²) in [6.07, 6.45) is 0. The zero-order chi connectivity index (χ0) is 39.1. The van der Waals surface area contributed by atoms with E-state index in [1.807, 2.05) is 11.8 Å². The SMILES string of the molecule is F[P-](F)(F)(F)(F)F.F[P-](F)(F)(F)(F)F.c1ccc([S+](c2ccccc2)c2ccc(Sc3ccc([S+](c4ccccc4)c4ccccc4)cc3)cc2)cc1. The predicted molar refractivity (Wildman–Crippen MR) is 194 cm³/mol. The van der Waals surface area contributed by atoms with E-state index in [4.69, 9.17) is 0 Å². The number of hydrogen-bond acceptors (Lipinski definition) is 1. The molecule has 6 aromatic rings. The molecule has 0 unspecified atom stereocenters. The molecule has 53 heavy (non-hydrogen) atoms. The minimum absolute atomic E-state index is 0.123. The second-order valence-electron chi connectivity index (χ2n) is 10.8. The maximum absolute atomic E-state index is 10.7. The predicted octanol–water partition coefficient (Wildman–Crippen LogP) is 16.8. The molecule has 0 saturated carbocycles. The Balaban J connectivity index is 0.000000381. The Morgan fingerprint density at radius 2 is 0.434 bits per heavy atom. The summed E-state index contributed by atoms with van der Waals surface area (Å²) in [5, 5.41) is 0. The molecule has 0 fully saturated rings. The molecule has 6 aromatic carbocycles. The van der Waals surface area contributed by atoms with Gasteiger partial charge in [0.25, 0.3) is 0 Å². The minimum atomic E-state index is -10.7. The van der Waals surface area contributed by atoms with Crippen LogP contribution in [0.25, 0.3) is 0 Å². The van der Waals surface area contributed by atoms with Crippen LogP contribution in [-0.2, 0) is 21.8 Å². The summed E-state index contributed by atoms with van der Waals surface area (Å²) < 4.78 is 118. The summed E-state index contributed by atoms with van der Waals surface area (Å²) in [6, 6.07) is 61.5. The van der Waals surface area contributed by atoms with Crippen molar-refractivity contribution in [2.45, 2.75) is 39.2 Å². The molecular weight excluding hydrogens is 819 g/mol. The van der Waals surface area contributed by atoms with Gasteiger partial charge in [-0.15, -0.1) is 0 Å². The topological polar surface area (TPSA) is 0 Å². The van der Waals surface area contributed by atoms with Gasteiger partial charge in [0.2, 0.25) is 0 Å². The van der Waals surface area contributed by atoms with Crippen LogP contribution in [0.5, 0.6) is 0 Å². The molecule has 17 heteroatoms. The van der Waals surface area contributed by atoms with Crippen molar-refractivity contribution >= 4 is 49.2 Å². The van der Waals surface area contributed by atoms with E-state index in [-0.39, 0.29) is 21.8 Å². The van der Waals surface area contributed by atoms with E-state index in [0.29, 0.717) is 0 Å². The fourth-order valence-corrected chi connectivity index (χ4v) is 9.45. The zero-order valence-electron chi connectivity index (χ0n) is 26.8. The van der Waals surface area contributed by atoms with Crippen molar-refractivity contribution < 1.29 is 50.4 Å². The second kappa shape index (κ2) is 14.9. The van der Waals surface area contributed by atoms with E-state index in [1.54, 1.807) is 0 Å². The van der Waals surface area contributed by atoms with Gasteiger partial charge in [0, 0.05) is 9.79 Å². The van der Waals surface area contributed by atoms with Crippen LogP contribution in [-0.4, -0.2) is 0 Å². The molecule has 0 nitrogen and oxygen atoms in total. The molecule has 0 aliphatic rings. The first-order chi connectivity index (χ1) is 24.2. The van der Waals surface area contributed by atoms with E-state index in [2.05, 4.69) is 170 Å². The van der Waals surface area contributed by atoms with Crippen LogP contribution in [0.2, 0.25) is 0 Å². The van der Waals surface area contributed by atoms with Crippen LogP contribution in [0.4, 0.5) is 50.4 Å². The van der Waals surface area contributed by atoms with Gasteiger partial charge in [-0.05, 0) is 97.1 Å². The molecule has 0 spiro atoms. The first-order valence-electron chi connectivity index (χ1n) is 14.9. The Morgan fingerprint density at radius 3 is 0.623 bits per heavy atom. The second-order valence-corrected chi connectivity index (χ2v) is 19.9. The van der Waals surface area contributed by atoms with Gasteiger partial charge in [-0.2, -0.15) is 0 Å². The van der Waals surface area contributed by atoms with Crippen molar-refractivity contribution in [3.63, 3.8) is 0 Å². The molecule has 0 bridgehead atoms. The third-order valence-electron chi connectivity index (χ3n) is 6.27. The molecule has 0 amide bonds. The largest absolute Gasteiger partial charge is 0.166 e. The number of benzene rings is 6. The molecule has 0 aliphatic carbocycles. The van der Waals surface area contributed by atoms with Crippen LogP contribution >= 0.6 is 27.4 Å². The summed E-state index contributed by atoms with van der Waals surface area (Å²) in [5.41, 5.74) is 0. The molecule has 0 atom stereocenters. The molecule has 0 aliphatic heterocycles. The number of halogens is 12. The van der Waals surface area contributed by atoms with Crippen LogP contribution in [0, 0.1) is 0 Å². The molecule has 284 valence electrons. The Morgan fingerprint density at radius 1 is 0.264 bits per heavy atom. The molecule has 6 rings (SSSR count). The van der Waals surface area contributed by atoms with Crippen molar-refractivity contribution in [3.8, 4) is 0 Å². The Labute approximate surface area is 307 Å². The Hall–Kier alpha value is -3.61. The zero-order valence-corrected chi connectivity index (χ0v) is 31.1. The summed E-state index contributed by atoms with van der Waals surface area (Å²) in [4.78, 5) is 10.5.